The molecule has 1 saturated heterocycles. The maximum Gasteiger partial charge on any atom is 0.301 e. The average Bonchev–Trinajstić information content (AvgIpc) is 3.84. The molecule has 1 aromatic carbocycles. The van der Waals surface area contributed by atoms with Gasteiger partial charge < -0.3 is 20.1 Å². The molecule has 2 saturated carbocycles. The van der Waals surface area contributed by atoms with E-state index >= 15 is 13.2 Å². The number of alkyl halides is 4. The molecule has 0 spiro atoms. The second-order valence-electron chi connectivity index (χ2n) is 11.6. The molecule has 1 unspecified atom stereocenters. The fourth-order valence-corrected chi connectivity index (χ4v) is 6.20. The fourth-order valence-electron chi connectivity index (χ4n) is 6.20. The summed E-state index contributed by atoms with van der Waals surface area (Å²) in [6.45, 7) is 3.15. The van der Waals surface area contributed by atoms with Gasteiger partial charge in [-0.15, -0.1) is 0 Å². The zero-order valence-corrected chi connectivity index (χ0v) is 23.0. The lowest BCUT2D eigenvalue weighted by Crippen LogP contribution is -2.37. The molecule has 2 aliphatic carbocycles. The van der Waals surface area contributed by atoms with Crippen LogP contribution in [0.5, 0.6) is 0 Å². The SMILES string of the molecule is C[C@H](NC(=O)c1cn(C2(C(F)F)CC2)c(=O)cc1NC1[C@H]2CN(C)C[C@@H]12)c1cccc(C(F)(F)c2ccncc2)c1F. The van der Waals surface area contributed by atoms with Gasteiger partial charge in [0.2, 0.25) is 0 Å². The van der Waals surface area contributed by atoms with Gasteiger partial charge in [-0.25, -0.2) is 13.2 Å². The fraction of sp³-hybridized carbons (Fsp3) is 0.433. The smallest absolute Gasteiger partial charge is 0.301 e. The van der Waals surface area contributed by atoms with E-state index in [-0.39, 0.29) is 35.7 Å². The topological polar surface area (TPSA) is 79.3 Å². The number of nitrogens with zero attached hydrogens (tertiary/aromatic N) is 3. The van der Waals surface area contributed by atoms with E-state index in [1.54, 1.807) is 0 Å². The van der Waals surface area contributed by atoms with Crippen LogP contribution in [-0.4, -0.2) is 53.0 Å². The van der Waals surface area contributed by atoms with E-state index in [4.69, 9.17) is 0 Å². The van der Waals surface area contributed by atoms with E-state index in [9.17, 15) is 18.4 Å². The first-order chi connectivity index (χ1) is 19.9. The second kappa shape index (κ2) is 10.2. The zero-order chi connectivity index (χ0) is 30.0. The first-order valence-electron chi connectivity index (χ1n) is 13.8. The molecule has 0 bridgehead atoms. The molecule has 3 heterocycles. The van der Waals surface area contributed by atoms with Crippen molar-refractivity contribution in [2.45, 2.75) is 49.7 Å². The predicted molar refractivity (Wildman–Crippen MR) is 145 cm³/mol. The number of carbonyl (C=O) groups is 1. The van der Waals surface area contributed by atoms with Crippen LogP contribution in [0, 0.1) is 17.7 Å². The van der Waals surface area contributed by atoms with Crippen LogP contribution in [0.4, 0.5) is 27.6 Å². The van der Waals surface area contributed by atoms with E-state index in [1.807, 2.05) is 7.05 Å². The maximum absolute atomic E-state index is 15.6. The number of halogens is 5. The molecule has 0 radical (unpaired) electrons. The Hall–Kier alpha value is -3.80. The number of hydrogen-bond donors (Lipinski definition) is 2. The van der Waals surface area contributed by atoms with E-state index < -0.39 is 52.3 Å². The summed E-state index contributed by atoms with van der Waals surface area (Å²) in [6, 6.07) is 5.86. The molecule has 3 aliphatic rings. The first-order valence-corrected chi connectivity index (χ1v) is 13.8. The highest BCUT2D eigenvalue weighted by Crippen LogP contribution is 2.49. The molecule has 6 rings (SSSR count). The van der Waals surface area contributed by atoms with E-state index in [0.717, 1.165) is 48.1 Å². The van der Waals surface area contributed by atoms with Gasteiger partial charge in [-0.05, 0) is 56.8 Å². The third kappa shape index (κ3) is 4.75. The monoisotopic (exact) mass is 587 g/mol. The van der Waals surface area contributed by atoms with Crippen molar-refractivity contribution in [3.05, 3.63) is 93.4 Å². The number of likely N-dealkylation sites (tertiary alicyclic amines) is 1. The van der Waals surface area contributed by atoms with Crippen molar-refractivity contribution >= 4 is 11.6 Å². The maximum atomic E-state index is 15.6. The highest BCUT2D eigenvalue weighted by Gasteiger charge is 2.56. The number of hydrogen-bond acceptors (Lipinski definition) is 5. The molecule has 222 valence electrons. The van der Waals surface area contributed by atoms with Crippen LogP contribution in [0.3, 0.4) is 0 Å². The summed E-state index contributed by atoms with van der Waals surface area (Å²) in [5.41, 5.74) is -3.65. The number of fused-ring (bicyclic) bond motifs is 1. The summed E-state index contributed by atoms with van der Waals surface area (Å²) in [5.74, 6) is -4.93. The van der Waals surface area contributed by atoms with E-state index in [1.165, 1.54) is 31.5 Å². The van der Waals surface area contributed by atoms with Gasteiger partial charge in [0.25, 0.3) is 17.9 Å². The summed E-state index contributed by atoms with van der Waals surface area (Å²) in [4.78, 5) is 32.5. The van der Waals surface area contributed by atoms with Gasteiger partial charge in [-0.2, -0.15) is 8.78 Å². The molecule has 7 nitrogen and oxygen atoms in total. The molecule has 42 heavy (non-hydrogen) atoms. The van der Waals surface area contributed by atoms with Crippen molar-refractivity contribution < 1.29 is 26.7 Å². The number of pyridine rings is 2. The van der Waals surface area contributed by atoms with E-state index in [0.29, 0.717) is 11.8 Å². The van der Waals surface area contributed by atoms with Gasteiger partial charge in [0, 0.05) is 54.9 Å². The van der Waals surface area contributed by atoms with Crippen LogP contribution >= 0.6 is 0 Å². The van der Waals surface area contributed by atoms with Crippen molar-refractivity contribution in [3.8, 4) is 0 Å². The van der Waals surface area contributed by atoms with Crippen molar-refractivity contribution in [2.75, 3.05) is 25.5 Å². The minimum absolute atomic E-state index is 0.0231. The van der Waals surface area contributed by atoms with Crippen molar-refractivity contribution in [3.63, 3.8) is 0 Å². The number of nitrogens with one attached hydrogen (secondary N) is 2. The number of amides is 1. The summed E-state index contributed by atoms with van der Waals surface area (Å²) in [5, 5.41) is 5.89. The first kappa shape index (κ1) is 28.3. The largest absolute Gasteiger partial charge is 0.381 e. The van der Waals surface area contributed by atoms with Crippen LogP contribution in [0.15, 0.2) is 59.8 Å². The molecule has 3 aromatic rings. The standard InChI is InChI=1S/C30H30F5N5O2/c1-16(18-4-3-5-22(25(18)31)30(34,35)17-6-10-36-11-7-17)37-27(42)21-15-40(29(8-9-29)28(32)33)24(41)12-23(21)38-26-19-13-39(2)14-20(19)26/h3-7,10-12,15-16,19-20,26,28,38H,8-9,13-14H2,1-2H3,(H,37,42)/t16-,19-,20+,26?/m0/s1. The van der Waals surface area contributed by atoms with E-state index in [2.05, 4.69) is 20.5 Å². The Labute approximate surface area is 238 Å². The Kier molecular flexibility index (Phi) is 6.87. The summed E-state index contributed by atoms with van der Waals surface area (Å²) < 4.78 is 74.8. The van der Waals surface area contributed by atoms with Crippen molar-refractivity contribution in [2.24, 2.45) is 11.8 Å². The highest BCUT2D eigenvalue weighted by molar-refractivity contribution is 5.99. The number of aromatic nitrogens is 2. The lowest BCUT2D eigenvalue weighted by Gasteiger charge is -2.23. The number of rotatable bonds is 9. The van der Waals surface area contributed by atoms with Gasteiger partial charge in [-0.3, -0.25) is 14.6 Å². The van der Waals surface area contributed by atoms with Crippen molar-refractivity contribution in [1.29, 1.82) is 0 Å². The Balaban J connectivity index is 1.30. The normalized spacial score (nSPS) is 23.4. The van der Waals surface area contributed by atoms with Crippen LogP contribution in [-0.2, 0) is 11.5 Å². The van der Waals surface area contributed by atoms with Crippen LogP contribution in [0.25, 0.3) is 0 Å². The third-order valence-electron chi connectivity index (χ3n) is 8.87. The van der Waals surface area contributed by atoms with Gasteiger partial charge in [0.15, 0.2) is 0 Å². The van der Waals surface area contributed by atoms with Crippen LogP contribution < -0.4 is 16.2 Å². The molecule has 4 atom stereocenters. The molecule has 1 aliphatic heterocycles. The van der Waals surface area contributed by atoms with Crippen LogP contribution in [0.1, 0.15) is 52.9 Å². The minimum Gasteiger partial charge on any atom is -0.381 e. The molecular weight excluding hydrogens is 557 g/mol. The average molecular weight is 588 g/mol. The number of anilines is 1. The number of piperidine rings is 1. The highest BCUT2D eigenvalue weighted by atomic mass is 19.3. The Morgan fingerprint density at radius 2 is 1.79 bits per heavy atom. The molecule has 2 aromatic heterocycles. The van der Waals surface area contributed by atoms with Gasteiger partial charge >= 0.3 is 5.92 Å². The Bertz CT molecular complexity index is 1560. The van der Waals surface area contributed by atoms with Gasteiger partial charge in [-0.1, -0.05) is 12.1 Å². The second-order valence-corrected chi connectivity index (χ2v) is 11.6. The predicted octanol–water partition coefficient (Wildman–Crippen LogP) is 4.74. The lowest BCUT2D eigenvalue weighted by atomic mass is 9.96. The zero-order valence-electron chi connectivity index (χ0n) is 23.0. The molecule has 3 fully saturated rings. The molecule has 12 heteroatoms. The summed E-state index contributed by atoms with van der Waals surface area (Å²) >= 11 is 0. The molecule has 1 amide bonds. The minimum atomic E-state index is -3.66. The van der Waals surface area contributed by atoms with Crippen molar-refractivity contribution in [1.82, 2.24) is 19.8 Å². The lowest BCUT2D eigenvalue weighted by molar-refractivity contribution is 0.0385. The Morgan fingerprint density at radius 1 is 1.12 bits per heavy atom. The summed E-state index contributed by atoms with van der Waals surface area (Å²) in [7, 11) is 2.01. The number of carbonyl (C=O) groups excluding carboxylic acids is 1. The summed E-state index contributed by atoms with van der Waals surface area (Å²) in [6.07, 6.45) is 0.897. The van der Waals surface area contributed by atoms with Crippen LogP contribution in [0.2, 0.25) is 0 Å². The number of benzene rings is 1. The quantitative estimate of drug-likeness (QED) is 0.354. The van der Waals surface area contributed by atoms with Gasteiger partial charge in [0.05, 0.1) is 22.9 Å². The Morgan fingerprint density at radius 3 is 2.40 bits per heavy atom. The molecular formula is C30H30F5N5O2. The third-order valence-corrected chi connectivity index (χ3v) is 8.87. The van der Waals surface area contributed by atoms with Gasteiger partial charge in [0.1, 0.15) is 11.4 Å². The molecule has 2 N–H and O–H groups in total.